The molecule has 1 aromatic heterocycles. The molecule has 1 saturated carbocycles. The smallest absolute Gasteiger partial charge is 0.433 e. The van der Waals surface area contributed by atoms with Crippen molar-refractivity contribution < 1.29 is 28.2 Å². The number of piperidine rings is 1. The quantitative estimate of drug-likeness (QED) is 0.797. The average Bonchev–Trinajstić information content (AvgIpc) is 3.39. The van der Waals surface area contributed by atoms with Crippen molar-refractivity contribution in [2.45, 2.75) is 38.0 Å². The van der Waals surface area contributed by atoms with Crippen LogP contribution in [0.25, 0.3) is 0 Å². The number of hydrogen-bond acceptors (Lipinski definition) is 6. The lowest BCUT2D eigenvalue weighted by Gasteiger charge is -2.44. The maximum absolute atomic E-state index is 13.2. The third-order valence-corrected chi connectivity index (χ3v) is 5.27. The summed E-state index contributed by atoms with van der Waals surface area (Å²) in [6, 6.07) is 0.842. The van der Waals surface area contributed by atoms with Crippen molar-refractivity contribution in [3.63, 3.8) is 0 Å². The first-order valence-electron chi connectivity index (χ1n) is 8.83. The lowest BCUT2D eigenvalue weighted by Crippen LogP contribution is -2.56. The number of halogens is 3. The Bertz CT molecular complexity index is 724. The van der Waals surface area contributed by atoms with Gasteiger partial charge < -0.3 is 20.0 Å². The van der Waals surface area contributed by atoms with Gasteiger partial charge in [0.15, 0.2) is 5.69 Å². The summed E-state index contributed by atoms with van der Waals surface area (Å²) in [5, 5.41) is 20.2. The number of aliphatic carboxylic acids is 1. The van der Waals surface area contributed by atoms with E-state index in [1.807, 2.05) is 0 Å². The summed E-state index contributed by atoms with van der Waals surface area (Å²) < 4.78 is 39.7. The van der Waals surface area contributed by atoms with Gasteiger partial charge in [0.25, 0.3) is 0 Å². The van der Waals surface area contributed by atoms with Crippen molar-refractivity contribution in [1.29, 1.82) is 0 Å². The number of aliphatic hydroxyl groups is 1. The van der Waals surface area contributed by atoms with E-state index < -0.39 is 29.4 Å². The van der Waals surface area contributed by atoms with Gasteiger partial charge in [-0.2, -0.15) is 18.2 Å². The molecule has 1 saturated heterocycles. The molecule has 150 valence electrons. The van der Waals surface area contributed by atoms with E-state index in [-0.39, 0.29) is 37.2 Å². The van der Waals surface area contributed by atoms with Crippen LogP contribution in [0.4, 0.5) is 24.9 Å². The summed E-state index contributed by atoms with van der Waals surface area (Å²) in [6.45, 7) is 0.142. The molecule has 2 N–H and O–H groups in total. The highest BCUT2D eigenvalue weighted by Crippen LogP contribution is 2.46. The number of carboxylic acid groups (broad SMARTS) is 1. The van der Waals surface area contributed by atoms with Crippen LogP contribution in [0.15, 0.2) is 6.07 Å². The number of anilines is 2. The minimum Gasteiger partial charge on any atom is -0.481 e. The first-order valence-corrected chi connectivity index (χ1v) is 8.83. The molecule has 7 nitrogen and oxygen atoms in total. The zero-order valence-corrected chi connectivity index (χ0v) is 15.2. The maximum atomic E-state index is 13.2. The van der Waals surface area contributed by atoms with Crippen LogP contribution in [0, 0.1) is 11.3 Å². The summed E-state index contributed by atoms with van der Waals surface area (Å²) in [7, 11) is 3.07. The van der Waals surface area contributed by atoms with Gasteiger partial charge in [0, 0.05) is 33.3 Å². The van der Waals surface area contributed by atoms with Crippen LogP contribution in [-0.2, 0) is 11.0 Å². The molecule has 2 heterocycles. The van der Waals surface area contributed by atoms with Crippen molar-refractivity contribution in [2.24, 2.45) is 11.3 Å². The van der Waals surface area contributed by atoms with Crippen molar-refractivity contribution in [3.8, 4) is 0 Å². The standard InChI is InChI=1S/C17H23F3N4O3/c1-23(2)15-21-11(17(18,19)20)7-13(22-15)24-6-5-12(25)16(9-24,14(26)27)8-10-3-4-10/h7,10,12,25H,3-6,8-9H2,1-2H3,(H,26,27)/t12-,16-/m0/s1. The minimum atomic E-state index is -4.64. The molecule has 3 rings (SSSR count). The van der Waals surface area contributed by atoms with Gasteiger partial charge in [-0.05, 0) is 18.8 Å². The Balaban J connectivity index is 1.97. The van der Waals surface area contributed by atoms with Crippen LogP contribution in [0.1, 0.15) is 31.4 Å². The highest BCUT2D eigenvalue weighted by molar-refractivity contribution is 5.77. The van der Waals surface area contributed by atoms with E-state index in [0.717, 1.165) is 18.9 Å². The molecule has 0 aromatic carbocycles. The summed E-state index contributed by atoms with van der Waals surface area (Å²) in [5.41, 5.74) is -2.48. The second-order valence-electron chi connectivity index (χ2n) is 7.64. The van der Waals surface area contributed by atoms with Gasteiger partial charge in [-0.3, -0.25) is 4.79 Å². The van der Waals surface area contributed by atoms with Crippen LogP contribution in [0.5, 0.6) is 0 Å². The number of nitrogens with zero attached hydrogens (tertiary/aromatic N) is 4. The van der Waals surface area contributed by atoms with E-state index in [4.69, 9.17) is 0 Å². The predicted octanol–water partition coefficient (Wildman–Crippen LogP) is 2.00. The number of hydrogen-bond donors (Lipinski definition) is 2. The number of alkyl halides is 3. The molecule has 2 atom stereocenters. The molecule has 2 aliphatic rings. The minimum absolute atomic E-state index is 0.0225. The van der Waals surface area contributed by atoms with Gasteiger partial charge >= 0.3 is 12.1 Å². The Labute approximate surface area is 154 Å². The van der Waals surface area contributed by atoms with Gasteiger partial charge in [0.2, 0.25) is 5.95 Å². The summed E-state index contributed by atoms with van der Waals surface area (Å²) in [4.78, 5) is 22.6. The first kappa shape index (κ1) is 19.7. The Kier molecular flexibility index (Phi) is 4.96. The van der Waals surface area contributed by atoms with Gasteiger partial charge in [-0.15, -0.1) is 0 Å². The fourth-order valence-electron chi connectivity index (χ4n) is 3.54. The lowest BCUT2D eigenvalue weighted by atomic mass is 9.73. The van der Waals surface area contributed by atoms with E-state index in [0.29, 0.717) is 6.42 Å². The van der Waals surface area contributed by atoms with Crippen molar-refractivity contribution in [1.82, 2.24) is 9.97 Å². The van der Waals surface area contributed by atoms with Crippen LogP contribution in [0.3, 0.4) is 0 Å². The normalized spacial score (nSPS) is 26.1. The van der Waals surface area contributed by atoms with E-state index in [1.165, 1.54) is 23.9 Å². The molecule has 1 aromatic rings. The Morgan fingerprint density at radius 1 is 1.33 bits per heavy atom. The third kappa shape index (κ3) is 3.95. The van der Waals surface area contributed by atoms with Gasteiger partial charge in [0.05, 0.1) is 6.10 Å². The molecule has 0 amide bonds. The van der Waals surface area contributed by atoms with Crippen molar-refractivity contribution in [2.75, 3.05) is 37.0 Å². The summed E-state index contributed by atoms with van der Waals surface area (Å²) in [6.07, 6.45) is -3.38. The molecule has 2 fully saturated rings. The Morgan fingerprint density at radius 2 is 2.00 bits per heavy atom. The van der Waals surface area contributed by atoms with Crippen LogP contribution >= 0.6 is 0 Å². The van der Waals surface area contributed by atoms with Gasteiger partial charge in [-0.25, -0.2) is 4.98 Å². The fourth-order valence-corrected chi connectivity index (χ4v) is 3.54. The summed E-state index contributed by atoms with van der Waals surface area (Å²) >= 11 is 0. The molecule has 0 unspecified atom stereocenters. The number of carbonyl (C=O) groups is 1. The molecular formula is C17H23F3N4O3. The summed E-state index contributed by atoms with van der Waals surface area (Å²) in [5.74, 6) is -0.961. The molecule has 1 aliphatic carbocycles. The van der Waals surface area contributed by atoms with Crippen LogP contribution in [-0.4, -0.2) is 59.4 Å². The predicted molar refractivity (Wildman–Crippen MR) is 91.6 cm³/mol. The highest BCUT2D eigenvalue weighted by atomic mass is 19.4. The average molecular weight is 388 g/mol. The van der Waals surface area contributed by atoms with E-state index in [9.17, 15) is 28.2 Å². The number of rotatable bonds is 5. The second kappa shape index (κ2) is 6.81. The molecule has 0 bridgehead atoms. The number of carboxylic acids is 1. The molecule has 1 aliphatic heterocycles. The maximum Gasteiger partial charge on any atom is 0.433 e. The second-order valence-corrected chi connectivity index (χ2v) is 7.64. The number of aromatic nitrogens is 2. The topological polar surface area (TPSA) is 89.8 Å². The van der Waals surface area contributed by atoms with Crippen LogP contribution in [0.2, 0.25) is 0 Å². The van der Waals surface area contributed by atoms with Crippen molar-refractivity contribution in [3.05, 3.63) is 11.8 Å². The van der Waals surface area contributed by atoms with E-state index in [2.05, 4.69) is 9.97 Å². The number of aliphatic hydroxyl groups excluding tert-OH is 1. The van der Waals surface area contributed by atoms with E-state index in [1.54, 1.807) is 0 Å². The fraction of sp³-hybridized carbons (Fsp3) is 0.706. The highest BCUT2D eigenvalue weighted by Gasteiger charge is 2.52. The zero-order chi connectivity index (χ0) is 20.0. The Morgan fingerprint density at radius 3 is 2.52 bits per heavy atom. The molecule has 0 spiro atoms. The van der Waals surface area contributed by atoms with Gasteiger partial charge in [0.1, 0.15) is 11.2 Å². The molecule has 10 heteroatoms. The van der Waals surface area contributed by atoms with Crippen LogP contribution < -0.4 is 9.80 Å². The third-order valence-electron chi connectivity index (χ3n) is 5.27. The monoisotopic (exact) mass is 388 g/mol. The van der Waals surface area contributed by atoms with Gasteiger partial charge in [-0.1, -0.05) is 12.8 Å². The zero-order valence-electron chi connectivity index (χ0n) is 15.2. The lowest BCUT2D eigenvalue weighted by molar-refractivity contribution is -0.158. The molecule has 27 heavy (non-hydrogen) atoms. The van der Waals surface area contributed by atoms with Crippen molar-refractivity contribution >= 4 is 17.7 Å². The molecular weight excluding hydrogens is 365 g/mol. The molecule has 0 radical (unpaired) electrons. The first-order chi connectivity index (χ1) is 12.5. The Hall–Kier alpha value is -2.10. The largest absolute Gasteiger partial charge is 0.481 e. The SMILES string of the molecule is CN(C)c1nc(N2CC[C@H](O)[C@@](CC3CC3)(C(=O)O)C2)cc(C(F)(F)F)n1. The van der Waals surface area contributed by atoms with E-state index >= 15 is 0 Å².